The number of halogens is 3. The topological polar surface area (TPSA) is 127 Å². The second kappa shape index (κ2) is 10.6. The second-order valence-electron chi connectivity index (χ2n) is 7.71. The number of amides is 1. The Morgan fingerprint density at radius 1 is 1.08 bits per heavy atom. The number of Topliss-reactive ketones (excluding diaryl/α,β-unsaturated/α-hetero) is 1. The molecular formula is C25H17Cl3N4O5. The maximum Gasteiger partial charge on any atom is 0.272 e. The number of pyridine rings is 1. The summed E-state index contributed by atoms with van der Waals surface area (Å²) in [5, 5.41) is 13.4. The quantitative estimate of drug-likeness (QED) is 0.280. The van der Waals surface area contributed by atoms with Gasteiger partial charge in [0.2, 0.25) is 17.6 Å². The molecule has 0 fully saturated rings. The van der Waals surface area contributed by atoms with E-state index in [1.807, 2.05) is 0 Å². The van der Waals surface area contributed by atoms with Crippen LogP contribution in [-0.4, -0.2) is 34.8 Å². The summed E-state index contributed by atoms with van der Waals surface area (Å²) in [4.78, 5) is 34.7. The number of carbonyl (C=O) groups excluding carboxylic acids is 2. The van der Waals surface area contributed by atoms with Crippen LogP contribution in [-0.2, 0) is 15.0 Å². The van der Waals surface area contributed by atoms with Gasteiger partial charge in [-0.25, -0.2) is 9.97 Å². The molecule has 0 aliphatic rings. The number of hydrogen-bond acceptors (Lipinski definition) is 8. The van der Waals surface area contributed by atoms with Crippen molar-refractivity contribution in [3.8, 4) is 23.4 Å². The summed E-state index contributed by atoms with van der Waals surface area (Å²) >= 11 is 17.9. The van der Waals surface area contributed by atoms with Crippen LogP contribution in [0.4, 0.5) is 0 Å². The Kier molecular flexibility index (Phi) is 7.55. The molecular weight excluding hydrogens is 543 g/mol. The number of oxazole rings is 1. The molecule has 0 aliphatic carbocycles. The zero-order chi connectivity index (χ0) is 26.7. The zero-order valence-corrected chi connectivity index (χ0v) is 21.6. The van der Waals surface area contributed by atoms with Gasteiger partial charge in [0.1, 0.15) is 22.0 Å². The number of rotatable bonds is 8. The van der Waals surface area contributed by atoms with Gasteiger partial charge in [-0.05, 0) is 55.5 Å². The fourth-order valence-electron chi connectivity index (χ4n) is 3.45. The molecule has 0 radical (unpaired) electrons. The number of carbonyl (C=O) groups is 2. The molecule has 2 aromatic heterocycles. The molecule has 12 heteroatoms. The van der Waals surface area contributed by atoms with Crippen LogP contribution >= 0.6 is 34.8 Å². The number of benzene rings is 2. The van der Waals surface area contributed by atoms with E-state index in [1.165, 1.54) is 38.4 Å². The average molecular weight is 560 g/mol. The van der Waals surface area contributed by atoms with Crippen molar-refractivity contribution in [2.75, 3.05) is 7.05 Å². The number of fused-ring (bicyclic) bond motifs is 1. The van der Waals surface area contributed by atoms with E-state index in [0.717, 1.165) is 0 Å². The van der Waals surface area contributed by atoms with Gasteiger partial charge in [-0.3, -0.25) is 9.59 Å². The minimum atomic E-state index is -2.40. The van der Waals surface area contributed by atoms with E-state index < -0.39 is 23.2 Å². The number of aromatic nitrogens is 2. The molecule has 4 aromatic rings. The van der Waals surface area contributed by atoms with E-state index in [2.05, 4.69) is 15.3 Å². The largest absolute Gasteiger partial charge is 0.483 e. The van der Waals surface area contributed by atoms with E-state index in [4.69, 9.17) is 48.7 Å². The molecule has 0 aliphatic heterocycles. The van der Waals surface area contributed by atoms with Crippen LogP contribution in [0.15, 0.2) is 59.1 Å². The third-order valence-corrected chi connectivity index (χ3v) is 5.98. The fraction of sp³-hybridized carbons (Fsp3) is 0.160. The maximum absolute atomic E-state index is 13.5. The van der Waals surface area contributed by atoms with Gasteiger partial charge in [0.05, 0.1) is 11.1 Å². The van der Waals surface area contributed by atoms with Crippen molar-refractivity contribution in [1.29, 1.82) is 5.26 Å². The van der Waals surface area contributed by atoms with E-state index in [0.29, 0.717) is 21.3 Å². The molecule has 4 rings (SSSR count). The number of nitrogens with zero attached hydrogens (tertiary/aromatic N) is 3. The van der Waals surface area contributed by atoms with Gasteiger partial charge in [0.25, 0.3) is 11.3 Å². The van der Waals surface area contributed by atoms with E-state index in [1.54, 1.807) is 36.4 Å². The summed E-state index contributed by atoms with van der Waals surface area (Å²) in [6.45, 7) is 1.42. The Morgan fingerprint density at radius 2 is 1.78 bits per heavy atom. The monoisotopic (exact) mass is 558 g/mol. The Bertz CT molecular complexity index is 1530. The highest BCUT2D eigenvalue weighted by Crippen LogP contribution is 2.33. The van der Waals surface area contributed by atoms with Crippen molar-refractivity contribution < 1.29 is 23.5 Å². The lowest BCUT2D eigenvalue weighted by atomic mass is 9.81. The smallest absolute Gasteiger partial charge is 0.272 e. The van der Waals surface area contributed by atoms with Gasteiger partial charge < -0.3 is 19.2 Å². The van der Waals surface area contributed by atoms with Crippen LogP contribution in [0.5, 0.6) is 17.4 Å². The minimum absolute atomic E-state index is 0.160. The van der Waals surface area contributed by atoms with Crippen LogP contribution < -0.4 is 14.8 Å². The second-order valence-corrected chi connectivity index (χ2v) is 8.99. The number of ether oxygens (including phenoxy) is 2. The predicted octanol–water partition coefficient (Wildman–Crippen LogP) is 5.52. The highest BCUT2D eigenvalue weighted by Gasteiger charge is 2.54. The third kappa shape index (κ3) is 5.18. The molecule has 1 N–H and O–H groups in total. The molecule has 0 saturated carbocycles. The van der Waals surface area contributed by atoms with E-state index in [-0.39, 0.29) is 28.1 Å². The van der Waals surface area contributed by atoms with Crippen molar-refractivity contribution >= 4 is 57.6 Å². The van der Waals surface area contributed by atoms with Crippen molar-refractivity contribution in [2.24, 2.45) is 0 Å². The Morgan fingerprint density at radius 3 is 2.43 bits per heavy atom. The molecule has 188 valence electrons. The lowest BCUT2D eigenvalue weighted by molar-refractivity contribution is -0.138. The Hall–Kier alpha value is -3.84. The van der Waals surface area contributed by atoms with Crippen molar-refractivity contribution in [3.63, 3.8) is 0 Å². The van der Waals surface area contributed by atoms with Gasteiger partial charge in [-0.15, -0.1) is 0 Å². The molecule has 37 heavy (non-hydrogen) atoms. The molecule has 0 spiro atoms. The fourth-order valence-corrected chi connectivity index (χ4v) is 4.04. The first-order chi connectivity index (χ1) is 17.7. The van der Waals surface area contributed by atoms with E-state index >= 15 is 0 Å². The first-order valence-corrected chi connectivity index (χ1v) is 11.8. The molecule has 2 aromatic carbocycles. The molecule has 0 bridgehead atoms. The Balaban J connectivity index is 1.58. The molecule has 2 unspecified atom stereocenters. The normalized spacial score (nSPS) is 13.3. The first-order valence-electron chi connectivity index (χ1n) is 10.7. The SMILES string of the molecule is CNC(=O)C(C#N)(C(=O)C(C)Oc1ccc(Oc2ncc(Cl)cc2Cl)cc1)c1nc2cc(Cl)ccc2o1. The number of ketones is 1. The summed E-state index contributed by atoms with van der Waals surface area (Å²) in [7, 11) is 1.30. The van der Waals surface area contributed by atoms with E-state index in [9.17, 15) is 14.9 Å². The summed E-state index contributed by atoms with van der Waals surface area (Å²) in [6, 6.07) is 14.1. The maximum atomic E-state index is 13.5. The summed E-state index contributed by atoms with van der Waals surface area (Å²) in [6.07, 6.45) is 0.155. The van der Waals surface area contributed by atoms with Gasteiger partial charge in [-0.1, -0.05) is 34.8 Å². The number of nitriles is 1. The van der Waals surface area contributed by atoms with Crippen LogP contribution in [0.1, 0.15) is 12.8 Å². The van der Waals surface area contributed by atoms with Crippen LogP contribution in [0, 0.1) is 11.3 Å². The standard InChI is InChI=1S/C25H17Cl3N4O5/c1-13(35-16-4-6-17(7-5-16)36-22-18(28)9-15(27)11-31-22)21(33)25(12-29,23(34)30-2)24-32-19-10-14(26)3-8-20(19)37-24/h3-11,13H,1-2H3,(H,30,34). The lowest BCUT2D eigenvalue weighted by Gasteiger charge is -2.24. The van der Waals surface area contributed by atoms with Crippen LogP contribution in [0.2, 0.25) is 15.1 Å². The van der Waals surface area contributed by atoms with Gasteiger partial charge >= 0.3 is 0 Å². The van der Waals surface area contributed by atoms with Crippen molar-refractivity contribution in [2.45, 2.75) is 18.4 Å². The van der Waals surface area contributed by atoms with Gasteiger partial charge in [0.15, 0.2) is 11.7 Å². The number of likely N-dealkylation sites (N-methyl/N-ethyl adjacent to an activating group) is 1. The minimum Gasteiger partial charge on any atom is -0.483 e. The van der Waals surface area contributed by atoms with Crippen LogP contribution in [0.3, 0.4) is 0 Å². The number of nitrogens with one attached hydrogen (secondary N) is 1. The lowest BCUT2D eigenvalue weighted by Crippen LogP contribution is -2.52. The predicted molar refractivity (Wildman–Crippen MR) is 136 cm³/mol. The molecule has 9 nitrogen and oxygen atoms in total. The third-order valence-electron chi connectivity index (χ3n) is 5.27. The summed E-state index contributed by atoms with van der Waals surface area (Å²) in [5.74, 6) is -1.34. The molecule has 2 heterocycles. The van der Waals surface area contributed by atoms with Crippen molar-refractivity contribution in [3.05, 3.63) is 75.7 Å². The first kappa shape index (κ1) is 26.2. The summed E-state index contributed by atoms with van der Waals surface area (Å²) in [5.41, 5.74) is -1.85. The molecule has 0 saturated heterocycles. The molecule has 1 amide bonds. The van der Waals surface area contributed by atoms with Gasteiger partial charge in [0, 0.05) is 18.3 Å². The summed E-state index contributed by atoms with van der Waals surface area (Å²) < 4.78 is 17.0. The van der Waals surface area contributed by atoms with Gasteiger partial charge in [-0.2, -0.15) is 5.26 Å². The average Bonchev–Trinajstić information content (AvgIpc) is 3.30. The highest BCUT2D eigenvalue weighted by molar-refractivity contribution is 6.35. The van der Waals surface area contributed by atoms with Crippen molar-refractivity contribution in [1.82, 2.24) is 15.3 Å². The zero-order valence-electron chi connectivity index (χ0n) is 19.3. The van der Waals surface area contributed by atoms with Crippen LogP contribution in [0.25, 0.3) is 11.1 Å². The number of hydrogen-bond donors (Lipinski definition) is 1. The highest BCUT2D eigenvalue weighted by atomic mass is 35.5. The Labute approximate surface area is 225 Å². The molecule has 2 atom stereocenters.